The standard InChI is InChI=1S/C30H34N2O/c1-28-12-10-24-17-23-6-7-25(32(2)3)18-29(23)13-14-30(24,33-29)27(28)9-8-26(28)21-4-5-22-19-31-15-11-20(22)16-21/h4-5,8,10-11,15-17,19,25,27H,6-7,9,12-14,18H2,1-3H3/t25-,27-,28-,29-,30-/m1/s1. The molecule has 3 heteroatoms. The van der Waals surface area contributed by atoms with Gasteiger partial charge in [-0.05, 0) is 98.8 Å². The monoisotopic (exact) mass is 438 g/mol. The van der Waals surface area contributed by atoms with Crippen LogP contribution in [0.25, 0.3) is 16.3 Å². The van der Waals surface area contributed by atoms with Gasteiger partial charge in [0.15, 0.2) is 0 Å². The lowest BCUT2D eigenvalue weighted by Gasteiger charge is -2.54. The molecule has 0 amide bonds. The molecule has 2 aliphatic heterocycles. The largest absolute Gasteiger partial charge is 0.359 e. The van der Waals surface area contributed by atoms with Gasteiger partial charge in [-0.15, -0.1) is 0 Å². The summed E-state index contributed by atoms with van der Waals surface area (Å²) in [6, 6.07) is 9.66. The Balaban J connectivity index is 1.28. The summed E-state index contributed by atoms with van der Waals surface area (Å²) in [6.07, 6.45) is 19.7. The Morgan fingerprint density at radius 3 is 2.88 bits per heavy atom. The minimum Gasteiger partial charge on any atom is -0.359 e. The Hall–Kier alpha value is -2.23. The zero-order valence-electron chi connectivity index (χ0n) is 20.1. The van der Waals surface area contributed by atoms with E-state index in [1.807, 2.05) is 12.4 Å². The number of nitrogens with zero attached hydrogens (tertiary/aromatic N) is 2. The molecule has 1 saturated carbocycles. The third-order valence-electron chi connectivity index (χ3n) is 9.93. The van der Waals surface area contributed by atoms with Gasteiger partial charge in [-0.3, -0.25) is 4.98 Å². The molecule has 3 heterocycles. The van der Waals surface area contributed by atoms with Crippen molar-refractivity contribution in [3.8, 4) is 0 Å². The van der Waals surface area contributed by atoms with Crippen LogP contribution in [0.15, 0.2) is 66.0 Å². The van der Waals surface area contributed by atoms with Gasteiger partial charge in [0.25, 0.3) is 0 Å². The molecule has 33 heavy (non-hydrogen) atoms. The van der Waals surface area contributed by atoms with Crippen LogP contribution in [0.1, 0.15) is 57.4 Å². The summed E-state index contributed by atoms with van der Waals surface area (Å²) in [5.74, 6) is 0.519. The lowest BCUT2D eigenvalue weighted by Crippen LogP contribution is -2.54. The SMILES string of the molecule is CN(C)[C@@H]1CCC2=CC3=CC[C@]4(C)C(c5ccc6cnccc6c5)=CC[C@H]4[C@@]34CC[C@]2(C1)O4. The first-order valence-electron chi connectivity index (χ1n) is 12.8. The Bertz CT molecular complexity index is 1250. The predicted octanol–water partition coefficient (Wildman–Crippen LogP) is 6.32. The van der Waals surface area contributed by atoms with Crippen molar-refractivity contribution in [1.29, 1.82) is 0 Å². The van der Waals surface area contributed by atoms with Crippen molar-refractivity contribution in [1.82, 2.24) is 9.88 Å². The summed E-state index contributed by atoms with van der Waals surface area (Å²) in [6.45, 7) is 2.51. The van der Waals surface area contributed by atoms with Gasteiger partial charge in [-0.25, -0.2) is 0 Å². The van der Waals surface area contributed by atoms with E-state index in [0.29, 0.717) is 12.0 Å². The average molecular weight is 439 g/mol. The van der Waals surface area contributed by atoms with E-state index in [0.717, 1.165) is 19.3 Å². The topological polar surface area (TPSA) is 25.4 Å². The number of allylic oxidation sites excluding steroid dienone is 3. The Morgan fingerprint density at radius 2 is 2.00 bits per heavy atom. The van der Waals surface area contributed by atoms with Crippen molar-refractivity contribution in [3.05, 3.63) is 71.6 Å². The van der Waals surface area contributed by atoms with Gasteiger partial charge >= 0.3 is 0 Å². The smallest absolute Gasteiger partial charge is 0.0980 e. The zero-order valence-corrected chi connectivity index (χ0v) is 20.1. The minimum absolute atomic E-state index is 0.0263. The molecule has 1 aromatic heterocycles. The number of rotatable bonds is 2. The molecule has 7 rings (SSSR count). The average Bonchev–Trinajstić information content (AvgIpc) is 3.33. The summed E-state index contributed by atoms with van der Waals surface area (Å²) < 4.78 is 7.39. The fourth-order valence-electron chi connectivity index (χ4n) is 8.10. The highest BCUT2D eigenvalue weighted by molar-refractivity contribution is 5.87. The maximum Gasteiger partial charge on any atom is 0.0980 e. The van der Waals surface area contributed by atoms with Crippen LogP contribution in [0, 0.1) is 11.3 Å². The van der Waals surface area contributed by atoms with Crippen LogP contribution in [0.3, 0.4) is 0 Å². The second-order valence-electron chi connectivity index (χ2n) is 11.6. The molecule has 5 aliphatic rings. The van der Waals surface area contributed by atoms with Crippen LogP contribution in [-0.2, 0) is 4.74 Å². The lowest BCUT2D eigenvalue weighted by molar-refractivity contribution is -0.134. The number of benzene rings is 1. The second-order valence-corrected chi connectivity index (χ2v) is 11.6. The van der Waals surface area contributed by atoms with E-state index in [9.17, 15) is 0 Å². The van der Waals surface area contributed by atoms with Crippen LogP contribution >= 0.6 is 0 Å². The molecule has 1 aromatic carbocycles. The Kier molecular flexibility index (Phi) is 4.08. The number of fused-ring (bicyclic) bond motifs is 2. The highest BCUT2D eigenvalue weighted by Gasteiger charge is 2.65. The van der Waals surface area contributed by atoms with Gasteiger partial charge < -0.3 is 9.64 Å². The maximum atomic E-state index is 7.39. The molecule has 170 valence electrons. The van der Waals surface area contributed by atoms with Crippen molar-refractivity contribution in [2.24, 2.45) is 11.3 Å². The fourth-order valence-corrected chi connectivity index (χ4v) is 8.10. The summed E-state index contributed by atoms with van der Waals surface area (Å²) >= 11 is 0. The van der Waals surface area contributed by atoms with Gasteiger partial charge in [-0.2, -0.15) is 0 Å². The molecule has 0 N–H and O–H groups in total. The van der Waals surface area contributed by atoms with E-state index in [-0.39, 0.29) is 16.6 Å². The van der Waals surface area contributed by atoms with Gasteiger partial charge in [0.2, 0.25) is 0 Å². The Labute approximate surface area is 197 Å². The number of pyridine rings is 1. The molecular weight excluding hydrogens is 404 g/mol. The molecule has 2 aromatic rings. The van der Waals surface area contributed by atoms with Gasteiger partial charge in [0.05, 0.1) is 11.2 Å². The first kappa shape index (κ1) is 20.2. The molecule has 0 radical (unpaired) electrons. The molecule has 2 spiro atoms. The predicted molar refractivity (Wildman–Crippen MR) is 134 cm³/mol. The number of aromatic nitrogens is 1. The Morgan fingerprint density at radius 1 is 1.09 bits per heavy atom. The molecule has 1 saturated heterocycles. The van der Waals surface area contributed by atoms with Crippen molar-refractivity contribution >= 4 is 16.3 Å². The molecule has 3 nitrogen and oxygen atoms in total. The molecule has 2 bridgehead atoms. The van der Waals surface area contributed by atoms with Gasteiger partial charge in [-0.1, -0.05) is 37.3 Å². The number of ether oxygens (including phenoxy) is 1. The lowest BCUT2D eigenvalue weighted by atomic mass is 9.58. The molecule has 2 fully saturated rings. The minimum atomic E-state index is -0.107. The number of hydrogen-bond donors (Lipinski definition) is 0. The van der Waals surface area contributed by atoms with Crippen molar-refractivity contribution in [2.45, 2.75) is 69.1 Å². The van der Waals surface area contributed by atoms with E-state index in [4.69, 9.17) is 4.74 Å². The van der Waals surface area contributed by atoms with Crippen molar-refractivity contribution < 1.29 is 4.74 Å². The summed E-state index contributed by atoms with van der Waals surface area (Å²) in [4.78, 5) is 6.71. The second kappa shape index (κ2) is 6.67. The maximum absolute atomic E-state index is 7.39. The van der Waals surface area contributed by atoms with E-state index in [1.54, 1.807) is 5.57 Å². The molecular formula is C30H34N2O. The van der Waals surface area contributed by atoms with E-state index in [1.165, 1.54) is 53.2 Å². The van der Waals surface area contributed by atoms with Crippen LogP contribution in [0.4, 0.5) is 0 Å². The summed E-state index contributed by atoms with van der Waals surface area (Å²) in [5.41, 5.74) is 5.96. The van der Waals surface area contributed by atoms with Crippen molar-refractivity contribution in [3.63, 3.8) is 0 Å². The normalized spacial score (nSPS) is 39.0. The number of hydrogen-bond acceptors (Lipinski definition) is 3. The summed E-state index contributed by atoms with van der Waals surface area (Å²) in [7, 11) is 4.47. The van der Waals surface area contributed by atoms with E-state index >= 15 is 0 Å². The van der Waals surface area contributed by atoms with Crippen molar-refractivity contribution in [2.75, 3.05) is 14.1 Å². The highest BCUT2D eigenvalue weighted by atomic mass is 16.5. The fraction of sp³-hybridized carbons (Fsp3) is 0.500. The first-order chi connectivity index (χ1) is 15.9. The van der Waals surface area contributed by atoms with Gasteiger partial charge in [0.1, 0.15) is 0 Å². The first-order valence-corrected chi connectivity index (χ1v) is 12.8. The van der Waals surface area contributed by atoms with E-state index < -0.39 is 0 Å². The third-order valence-corrected chi connectivity index (χ3v) is 9.93. The summed E-state index contributed by atoms with van der Waals surface area (Å²) in [5, 5.41) is 2.49. The molecule has 3 aliphatic carbocycles. The third kappa shape index (κ3) is 2.61. The van der Waals surface area contributed by atoms with Crippen LogP contribution < -0.4 is 0 Å². The highest BCUT2D eigenvalue weighted by Crippen LogP contribution is 2.67. The molecule has 0 unspecified atom stereocenters. The molecule has 5 atom stereocenters. The van der Waals surface area contributed by atoms with E-state index in [2.05, 4.69) is 73.4 Å². The van der Waals surface area contributed by atoms with Crippen LogP contribution in [-0.4, -0.2) is 41.2 Å². The van der Waals surface area contributed by atoms with Gasteiger partial charge in [0, 0.05) is 35.2 Å². The van der Waals surface area contributed by atoms with Crippen LogP contribution in [0.2, 0.25) is 0 Å². The van der Waals surface area contributed by atoms with Crippen LogP contribution in [0.5, 0.6) is 0 Å². The quantitative estimate of drug-likeness (QED) is 0.549. The zero-order chi connectivity index (χ0) is 22.4.